The van der Waals surface area contributed by atoms with E-state index in [0.29, 0.717) is 41.6 Å². The van der Waals surface area contributed by atoms with Gasteiger partial charge in [0, 0.05) is 5.92 Å². The van der Waals surface area contributed by atoms with Crippen molar-refractivity contribution < 1.29 is 14.6 Å². The molecule has 0 radical (unpaired) electrons. The molecule has 4 saturated carbocycles. The van der Waals surface area contributed by atoms with Gasteiger partial charge in [-0.25, -0.2) is 0 Å². The van der Waals surface area contributed by atoms with E-state index < -0.39 is 5.60 Å². The third kappa shape index (κ3) is 4.16. The van der Waals surface area contributed by atoms with Gasteiger partial charge in [0.2, 0.25) is 0 Å². The van der Waals surface area contributed by atoms with Crippen LogP contribution in [0.1, 0.15) is 77.2 Å². The Hall–Kier alpha value is -0.710. The number of halogens is 1. The fourth-order valence-corrected chi connectivity index (χ4v) is 9.40. The Bertz CT molecular complexity index is 858. The number of fused-ring (bicyclic) bond motifs is 5. The quantitative estimate of drug-likeness (QED) is 0.435. The first-order valence-corrected chi connectivity index (χ1v) is 14.3. The topological polar surface area (TPSA) is 46.5 Å². The van der Waals surface area contributed by atoms with E-state index in [0.717, 1.165) is 37.5 Å². The first-order chi connectivity index (χ1) is 15.8. The zero-order valence-corrected chi connectivity index (χ0v) is 22.0. The molecule has 0 spiro atoms. The summed E-state index contributed by atoms with van der Waals surface area (Å²) >= 11 is 3.45. The number of ether oxygens (including phenoxy) is 1. The molecule has 3 nitrogen and oxygen atoms in total. The second-order valence-electron chi connectivity index (χ2n) is 12.3. The van der Waals surface area contributed by atoms with E-state index in [1.165, 1.54) is 37.7 Å². The van der Waals surface area contributed by atoms with Crippen molar-refractivity contribution in [3.05, 3.63) is 35.9 Å². The van der Waals surface area contributed by atoms with Crippen molar-refractivity contribution in [2.45, 2.75) is 83.8 Å². The van der Waals surface area contributed by atoms with Crippen LogP contribution in [0.4, 0.5) is 0 Å². The molecule has 0 aromatic heterocycles. The van der Waals surface area contributed by atoms with Gasteiger partial charge in [0.15, 0.2) is 0 Å². The van der Waals surface area contributed by atoms with Crippen molar-refractivity contribution in [2.75, 3.05) is 11.9 Å². The molecule has 0 amide bonds. The Morgan fingerprint density at radius 1 is 1.00 bits per heavy atom. The fraction of sp³-hybridized carbons (Fsp3) is 0.759. The smallest absolute Gasteiger partial charge is 0.147 e. The molecule has 0 bridgehead atoms. The van der Waals surface area contributed by atoms with Gasteiger partial charge in [0.1, 0.15) is 5.78 Å². The summed E-state index contributed by atoms with van der Waals surface area (Å²) in [5, 5.41) is 12.0. The largest absolute Gasteiger partial charge is 0.387 e. The molecule has 4 fully saturated rings. The predicted molar refractivity (Wildman–Crippen MR) is 135 cm³/mol. The molecule has 0 saturated heterocycles. The molecule has 33 heavy (non-hydrogen) atoms. The van der Waals surface area contributed by atoms with Crippen molar-refractivity contribution in [3.63, 3.8) is 0 Å². The van der Waals surface area contributed by atoms with Gasteiger partial charge in [-0.1, -0.05) is 60.1 Å². The Balaban J connectivity index is 1.25. The van der Waals surface area contributed by atoms with Gasteiger partial charge in [-0.05, 0) is 97.9 Å². The number of hydrogen-bond acceptors (Lipinski definition) is 3. The number of hydrogen-bond donors (Lipinski definition) is 1. The lowest BCUT2D eigenvalue weighted by atomic mass is 9.44. The Morgan fingerprint density at radius 2 is 1.76 bits per heavy atom. The van der Waals surface area contributed by atoms with E-state index in [4.69, 9.17) is 4.74 Å². The molecule has 0 aliphatic heterocycles. The molecule has 4 aliphatic carbocycles. The Kier molecular flexibility index (Phi) is 6.59. The van der Waals surface area contributed by atoms with Crippen molar-refractivity contribution in [1.29, 1.82) is 0 Å². The maximum Gasteiger partial charge on any atom is 0.147 e. The molecule has 0 heterocycles. The number of Topliss-reactive ketones (excluding diaryl/α,β-unsaturated/α-hetero) is 1. The lowest BCUT2D eigenvalue weighted by Gasteiger charge is -2.62. The van der Waals surface area contributed by atoms with E-state index in [1.807, 2.05) is 18.2 Å². The van der Waals surface area contributed by atoms with Crippen LogP contribution in [0.3, 0.4) is 0 Å². The normalized spacial score (nSPS) is 44.5. The standard InChI is InChI=1S/C29H41BrO3/c1-27-14-15-29(32,19-33-18-20-6-4-3-5-7-20)16-21(27)8-9-22-23-10-11-25(26(31)17-30)28(23,2)13-12-24(22)27/h3-7,21-25,32H,8-19H2,1-2H3/t21?,22-,23-,24-,25+,27-,28-,29?/m0/s1. The van der Waals surface area contributed by atoms with Gasteiger partial charge in [-0.15, -0.1) is 0 Å². The van der Waals surface area contributed by atoms with Crippen molar-refractivity contribution in [3.8, 4) is 0 Å². The zero-order valence-electron chi connectivity index (χ0n) is 20.4. The van der Waals surface area contributed by atoms with Crippen LogP contribution in [0, 0.1) is 40.4 Å². The molecular weight excluding hydrogens is 476 g/mol. The maximum absolute atomic E-state index is 12.7. The molecule has 4 heteroatoms. The molecule has 4 aliphatic rings. The average molecular weight is 518 g/mol. The summed E-state index contributed by atoms with van der Waals surface area (Å²) in [7, 11) is 0. The summed E-state index contributed by atoms with van der Waals surface area (Å²) < 4.78 is 6.01. The van der Waals surface area contributed by atoms with Crippen molar-refractivity contribution in [2.24, 2.45) is 40.4 Å². The first-order valence-electron chi connectivity index (χ1n) is 13.2. The second-order valence-corrected chi connectivity index (χ2v) is 12.9. The highest BCUT2D eigenvalue weighted by molar-refractivity contribution is 9.09. The number of benzene rings is 1. The highest BCUT2D eigenvalue weighted by Crippen LogP contribution is 2.68. The van der Waals surface area contributed by atoms with E-state index in [1.54, 1.807) is 0 Å². The van der Waals surface area contributed by atoms with E-state index in [9.17, 15) is 9.90 Å². The molecule has 1 aromatic carbocycles. The molecule has 182 valence electrons. The minimum atomic E-state index is -0.685. The van der Waals surface area contributed by atoms with E-state index >= 15 is 0 Å². The number of carbonyl (C=O) groups excluding carboxylic acids is 1. The minimum Gasteiger partial charge on any atom is -0.387 e. The number of alkyl halides is 1. The summed E-state index contributed by atoms with van der Waals surface area (Å²) in [4.78, 5) is 12.7. The minimum absolute atomic E-state index is 0.204. The average Bonchev–Trinajstić information content (AvgIpc) is 3.17. The van der Waals surface area contributed by atoms with Crippen molar-refractivity contribution in [1.82, 2.24) is 0 Å². The first kappa shape index (κ1) is 24.0. The van der Waals surface area contributed by atoms with Crippen LogP contribution in [0.2, 0.25) is 0 Å². The van der Waals surface area contributed by atoms with Crippen LogP contribution in [-0.4, -0.2) is 28.4 Å². The van der Waals surface area contributed by atoms with Crippen molar-refractivity contribution >= 4 is 21.7 Å². The lowest BCUT2D eigenvalue weighted by molar-refractivity contribution is -0.167. The predicted octanol–water partition coefficient (Wildman–Crippen LogP) is 6.56. The van der Waals surface area contributed by atoms with Crippen LogP contribution >= 0.6 is 15.9 Å². The lowest BCUT2D eigenvalue weighted by Crippen LogP contribution is -2.57. The third-order valence-electron chi connectivity index (χ3n) is 10.8. The number of rotatable bonds is 6. The molecule has 1 N–H and O–H groups in total. The third-order valence-corrected chi connectivity index (χ3v) is 11.4. The van der Waals surface area contributed by atoms with Gasteiger partial charge >= 0.3 is 0 Å². The molecule has 8 atom stereocenters. The molecule has 5 rings (SSSR count). The summed E-state index contributed by atoms with van der Waals surface area (Å²) in [6.07, 6.45) is 10.1. The van der Waals surface area contributed by atoms with Crippen LogP contribution in [0.25, 0.3) is 0 Å². The van der Waals surface area contributed by atoms with Crippen LogP contribution < -0.4 is 0 Å². The summed E-state index contributed by atoms with van der Waals surface area (Å²) in [5.41, 5.74) is 1.01. The zero-order chi connectivity index (χ0) is 23.3. The van der Waals surface area contributed by atoms with E-state index in [-0.39, 0.29) is 11.3 Å². The summed E-state index contributed by atoms with van der Waals surface area (Å²) in [6.45, 7) is 5.99. The highest BCUT2D eigenvalue weighted by Gasteiger charge is 2.62. The number of carbonyl (C=O) groups is 1. The van der Waals surface area contributed by atoms with Gasteiger partial charge < -0.3 is 9.84 Å². The highest BCUT2D eigenvalue weighted by atomic mass is 79.9. The Labute approximate surface area is 208 Å². The SMILES string of the molecule is C[C@]12CC[C@H]3[C@@H](CCC4CC(O)(COCc5ccccc5)CC[C@@]43C)[C@@H]1CC[C@@H]2C(=O)CBr. The summed E-state index contributed by atoms with van der Waals surface area (Å²) in [5.74, 6) is 3.49. The van der Waals surface area contributed by atoms with Crippen LogP contribution in [-0.2, 0) is 16.1 Å². The van der Waals surface area contributed by atoms with E-state index in [2.05, 4.69) is 41.9 Å². The van der Waals surface area contributed by atoms with Gasteiger partial charge in [-0.3, -0.25) is 4.79 Å². The molecule has 2 unspecified atom stereocenters. The van der Waals surface area contributed by atoms with Gasteiger partial charge in [0.05, 0.1) is 24.1 Å². The van der Waals surface area contributed by atoms with Gasteiger partial charge in [-0.2, -0.15) is 0 Å². The number of aliphatic hydroxyl groups is 1. The molecular formula is C29H41BrO3. The van der Waals surface area contributed by atoms with Crippen LogP contribution in [0.5, 0.6) is 0 Å². The molecule has 1 aromatic rings. The maximum atomic E-state index is 12.7. The second kappa shape index (κ2) is 9.06. The fourth-order valence-electron chi connectivity index (χ4n) is 9.01. The van der Waals surface area contributed by atoms with Crippen LogP contribution in [0.15, 0.2) is 30.3 Å². The number of ketones is 1. The van der Waals surface area contributed by atoms with Gasteiger partial charge in [0.25, 0.3) is 0 Å². The summed E-state index contributed by atoms with van der Waals surface area (Å²) in [6, 6.07) is 10.3. The Morgan fingerprint density at radius 3 is 2.52 bits per heavy atom. The monoisotopic (exact) mass is 516 g/mol.